The van der Waals surface area contributed by atoms with Gasteiger partial charge in [0.2, 0.25) is 17.7 Å². The van der Waals surface area contributed by atoms with Gasteiger partial charge >= 0.3 is 6.18 Å². The number of alkyl halides is 3. The van der Waals surface area contributed by atoms with E-state index in [2.05, 4.69) is 40.7 Å². The molecule has 0 spiro atoms. The lowest BCUT2D eigenvalue weighted by atomic mass is 9.85. The maximum Gasteiger partial charge on any atom is 0.417 e. The summed E-state index contributed by atoms with van der Waals surface area (Å²) in [7, 11) is 0. The molecule has 4 aromatic rings. The van der Waals surface area contributed by atoms with Gasteiger partial charge in [0.05, 0.1) is 58.2 Å². The zero-order valence-corrected chi connectivity index (χ0v) is 42.1. The first-order chi connectivity index (χ1) is 33.5. The molecule has 20 heteroatoms. The standard InChI is InChI=1S/C51H64F3N11O5S/c1-30(32-8-10-34(11-9-32)44-31(2)56-29-71-44)58-46(68)42-19-40(66)27-64(42)47(69)45(49(3,4)5)60-43(67)28-61-23-38(24-61)63-25-39(26-63)62-16-14-33(15-17-62)36-21-57-65(22-36)50(6,7)48(70)59-37-13-12-35(20-55)41(18-37)51(52,53)54/h8-13,18,21-22,29-30,33,38-40,42,45,66H,14-17,19,23-28H2,1-7H3,(H,58,68)(H,59,70)(H,60,67)/t30-,40+,42-,45+/m0/s1. The molecule has 4 fully saturated rings. The molecule has 16 nitrogen and oxygen atoms in total. The molecule has 6 heterocycles. The van der Waals surface area contributed by atoms with E-state index in [4.69, 9.17) is 5.26 Å². The van der Waals surface area contributed by atoms with Gasteiger partial charge in [0.25, 0.3) is 5.91 Å². The molecule has 0 bridgehead atoms. The van der Waals surface area contributed by atoms with E-state index in [9.17, 15) is 37.5 Å². The number of hydrogen-bond donors (Lipinski definition) is 4. The van der Waals surface area contributed by atoms with Gasteiger partial charge in [-0.1, -0.05) is 45.0 Å². The molecular weight excluding hydrogens is 936 g/mol. The van der Waals surface area contributed by atoms with Crippen molar-refractivity contribution < 1.29 is 37.5 Å². The molecule has 0 saturated carbocycles. The summed E-state index contributed by atoms with van der Waals surface area (Å²) in [5.74, 6) is -1.32. The molecule has 2 aromatic carbocycles. The van der Waals surface area contributed by atoms with Gasteiger partial charge in [-0.2, -0.15) is 23.5 Å². The number of hydrogen-bond acceptors (Lipinski definition) is 12. The lowest BCUT2D eigenvalue weighted by molar-refractivity contribution is -0.144. The number of piperidine rings is 1. The van der Waals surface area contributed by atoms with E-state index < -0.39 is 58.3 Å². The molecule has 380 valence electrons. The van der Waals surface area contributed by atoms with Crippen molar-refractivity contribution in [1.82, 2.24) is 45.0 Å². The van der Waals surface area contributed by atoms with Crippen LogP contribution in [0.25, 0.3) is 10.4 Å². The van der Waals surface area contributed by atoms with E-state index in [0.717, 1.165) is 91.5 Å². The van der Waals surface area contributed by atoms with E-state index >= 15 is 0 Å². The summed E-state index contributed by atoms with van der Waals surface area (Å²) in [6.07, 6.45) is -0.0714. The van der Waals surface area contributed by atoms with Crippen molar-refractivity contribution in [2.24, 2.45) is 5.41 Å². The third kappa shape index (κ3) is 11.3. The number of aromatic nitrogens is 3. The normalized spacial score (nSPS) is 21.0. The van der Waals surface area contributed by atoms with Gasteiger partial charge in [-0.25, -0.2) is 4.98 Å². The Morgan fingerprint density at radius 2 is 1.61 bits per heavy atom. The number of amides is 4. The fraction of sp³-hybridized carbons (Fsp3) is 0.549. The van der Waals surface area contributed by atoms with Crippen LogP contribution in [0.2, 0.25) is 0 Å². The van der Waals surface area contributed by atoms with Crippen molar-refractivity contribution in [2.45, 2.75) is 122 Å². The van der Waals surface area contributed by atoms with Crippen molar-refractivity contribution in [2.75, 3.05) is 57.7 Å². The molecule has 8 rings (SSSR count). The van der Waals surface area contributed by atoms with Gasteiger partial charge in [-0.3, -0.25) is 38.6 Å². The number of nitrogens with zero attached hydrogens (tertiary/aromatic N) is 8. The van der Waals surface area contributed by atoms with Gasteiger partial charge in [0.1, 0.15) is 17.6 Å². The van der Waals surface area contributed by atoms with Crippen molar-refractivity contribution in [3.8, 4) is 16.5 Å². The Labute approximate surface area is 416 Å². The van der Waals surface area contributed by atoms with Crippen molar-refractivity contribution in [3.63, 3.8) is 0 Å². The summed E-state index contributed by atoms with van der Waals surface area (Å²) in [6.45, 7) is 18.1. The van der Waals surface area contributed by atoms with Crippen LogP contribution >= 0.6 is 11.3 Å². The Bertz CT molecular complexity index is 2640. The average Bonchev–Trinajstić information content (AvgIpc) is 4.07. The smallest absolute Gasteiger partial charge is 0.391 e. The zero-order chi connectivity index (χ0) is 51.2. The molecule has 4 N–H and O–H groups in total. The minimum atomic E-state index is -4.75. The molecular formula is C51H64F3N11O5S. The highest BCUT2D eigenvalue weighted by atomic mass is 32.1. The largest absolute Gasteiger partial charge is 0.417 e. The second-order valence-electron chi connectivity index (χ2n) is 21.2. The number of aliphatic hydroxyl groups excluding tert-OH is 1. The summed E-state index contributed by atoms with van der Waals surface area (Å²) in [4.78, 5) is 68.7. The fourth-order valence-electron chi connectivity index (χ4n) is 10.1. The van der Waals surface area contributed by atoms with Crippen LogP contribution in [0.15, 0.2) is 60.4 Å². The van der Waals surface area contributed by atoms with Gasteiger partial charge in [0.15, 0.2) is 0 Å². The SMILES string of the molecule is Cc1ncsc1-c1ccc([C@H](C)NC(=O)[C@@H]2C[C@@H](O)CN2C(=O)[C@@H](NC(=O)CN2CC(N3CC(N4CCC(c5cnn(C(C)(C)C(=O)Nc6ccc(C#N)c(C(F)(F)F)c6)c5)CC4)C3)C2)C(C)(C)C)cc1. The predicted molar refractivity (Wildman–Crippen MR) is 262 cm³/mol. The lowest BCUT2D eigenvalue weighted by Gasteiger charge is -2.55. The Kier molecular flexibility index (Phi) is 14.8. The van der Waals surface area contributed by atoms with E-state index in [1.54, 1.807) is 42.1 Å². The number of benzene rings is 2. The van der Waals surface area contributed by atoms with E-state index in [1.807, 2.05) is 70.6 Å². The van der Waals surface area contributed by atoms with Crippen LogP contribution in [-0.2, 0) is 30.9 Å². The number of anilines is 1. The average molecular weight is 1000 g/mol. The van der Waals surface area contributed by atoms with E-state index in [-0.39, 0.29) is 49.0 Å². The number of aryl methyl sites for hydroxylation is 1. The molecule has 4 saturated heterocycles. The van der Waals surface area contributed by atoms with Crippen molar-refractivity contribution >= 4 is 40.7 Å². The van der Waals surface area contributed by atoms with Gasteiger partial charge in [-0.05, 0) is 99.8 Å². The molecule has 4 aliphatic heterocycles. The molecule has 4 atom stereocenters. The quantitative estimate of drug-likeness (QED) is 0.125. The van der Waals surface area contributed by atoms with Crippen LogP contribution in [0, 0.1) is 23.7 Å². The number of halogens is 3. The van der Waals surface area contributed by atoms with Crippen molar-refractivity contribution in [3.05, 3.63) is 88.3 Å². The number of carbonyl (C=O) groups is 4. The highest BCUT2D eigenvalue weighted by Crippen LogP contribution is 2.36. The highest BCUT2D eigenvalue weighted by molar-refractivity contribution is 7.13. The molecule has 0 radical (unpaired) electrons. The number of rotatable bonds is 14. The summed E-state index contributed by atoms with van der Waals surface area (Å²) >= 11 is 1.57. The van der Waals surface area contributed by atoms with E-state index in [1.165, 1.54) is 11.0 Å². The van der Waals surface area contributed by atoms with Crippen LogP contribution in [0.3, 0.4) is 0 Å². The third-order valence-electron chi connectivity index (χ3n) is 14.7. The number of nitriles is 1. The number of thiazole rings is 1. The lowest BCUT2D eigenvalue weighted by Crippen LogP contribution is -2.70. The first kappa shape index (κ1) is 51.6. The van der Waals surface area contributed by atoms with Crippen LogP contribution in [0.5, 0.6) is 0 Å². The summed E-state index contributed by atoms with van der Waals surface area (Å²) in [5.41, 5.74) is 2.15. The van der Waals surface area contributed by atoms with Crippen molar-refractivity contribution in [1.29, 1.82) is 5.26 Å². The summed E-state index contributed by atoms with van der Waals surface area (Å²) in [6, 6.07) is 11.2. The number of aliphatic hydroxyl groups is 1. The highest BCUT2D eigenvalue weighted by Gasteiger charge is 2.46. The number of nitrogens with one attached hydrogen (secondary N) is 3. The Morgan fingerprint density at radius 3 is 2.23 bits per heavy atom. The van der Waals surface area contributed by atoms with Crippen LogP contribution in [0.4, 0.5) is 18.9 Å². The third-order valence-corrected chi connectivity index (χ3v) is 15.7. The van der Waals surface area contributed by atoms with Crippen LogP contribution in [0.1, 0.15) is 101 Å². The molecule has 4 amide bonds. The Hall–Kier alpha value is -5.72. The number of likely N-dealkylation sites (tertiary alicyclic amines) is 4. The first-order valence-electron chi connectivity index (χ1n) is 24.3. The topological polar surface area (TPSA) is 192 Å². The summed E-state index contributed by atoms with van der Waals surface area (Å²) < 4.78 is 42.1. The predicted octanol–water partition coefficient (Wildman–Crippen LogP) is 5.50. The minimum Gasteiger partial charge on any atom is -0.391 e. The molecule has 2 aromatic heterocycles. The fourth-order valence-corrected chi connectivity index (χ4v) is 10.9. The monoisotopic (exact) mass is 999 g/mol. The second-order valence-corrected chi connectivity index (χ2v) is 22.1. The molecule has 0 aliphatic carbocycles. The zero-order valence-electron chi connectivity index (χ0n) is 41.3. The molecule has 4 aliphatic rings. The second kappa shape index (κ2) is 20.4. The Balaban J connectivity index is 0.762. The number of carbonyl (C=O) groups excluding carboxylic acids is 4. The minimum absolute atomic E-state index is 0.00182. The van der Waals surface area contributed by atoms with E-state index in [0.29, 0.717) is 12.1 Å². The first-order valence-corrected chi connectivity index (χ1v) is 25.1. The van der Waals surface area contributed by atoms with Crippen LogP contribution in [-0.4, -0.2) is 146 Å². The molecule has 0 unspecified atom stereocenters. The maximum atomic E-state index is 14.2. The summed E-state index contributed by atoms with van der Waals surface area (Å²) in [5, 5.41) is 32.9. The van der Waals surface area contributed by atoms with Crippen LogP contribution < -0.4 is 16.0 Å². The Morgan fingerprint density at radius 1 is 0.930 bits per heavy atom. The van der Waals surface area contributed by atoms with Gasteiger partial charge in [-0.15, -0.1) is 11.3 Å². The molecule has 71 heavy (non-hydrogen) atoms. The number of β-amino-alcohol motifs (C(OH)–C–C–N with tert-alkyl or cyclic N) is 1. The maximum absolute atomic E-state index is 14.2. The van der Waals surface area contributed by atoms with Gasteiger partial charge < -0.3 is 26.0 Å². The van der Waals surface area contributed by atoms with Gasteiger partial charge in [0, 0.05) is 63.1 Å².